The number of carbonyl (C=O) groups excluding carboxylic acids is 1. The van der Waals surface area contributed by atoms with Gasteiger partial charge in [0.2, 0.25) is 0 Å². The van der Waals surface area contributed by atoms with E-state index in [0.29, 0.717) is 17.3 Å². The molecule has 4 rings (SSSR count). The molecule has 0 atom stereocenters. The zero-order valence-electron chi connectivity index (χ0n) is 14.2. The molecule has 0 saturated heterocycles. The number of amides is 1. The molecular weight excluding hydrogens is 342 g/mol. The molecule has 1 aromatic heterocycles. The van der Waals surface area contributed by atoms with Gasteiger partial charge >= 0.3 is 0 Å². The monoisotopic (exact) mass is 357 g/mol. The highest BCUT2D eigenvalue weighted by Gasteiger charge is 2.15. The Morgan fingerprint density at radius 3 is 2.15 bits per heavy atom. The number of anilines is 1. The molecule has 0 radical (unpaired) electrons. The Morgan fingerprint density at radius 1 is 0.815 bits per heavy atom. The zero-order valence-corrected chi connectivity index (χ0v) is 14.2. The van der Waals surface area contributed by atoms with Gasteiger partial charge < -0.3 is 14.6 Å². The van der Waals surface area contributed by atoms with Gasteiger partial charge in [0.1, 0.15) is 11.5 Å². The molecule has 0 aliphatic heterocycles. The van der Waals surface area contributed by atoms with Crippen LogP contribution in [0.4, 0.5) is 5.69 Å². The topological polar surface area (TPSA) is 77.2 Å². The lowest BCUT2D eigenvalue weighted by atomic mass is 10.2. The highest BCUT2D eigenvalue weighted by Crippen LogP contribution is 2.23. The van der Waals surface area contributed by atoms with Crippen LogP contribution in [0.25, 0.3) is 11.5 Å². The summed E-state index contributed by atoms with van der Waals surface area (Å²) >= 11 is 0. The minimum Gasteiger partial charge on any atom is -0.457 e. The van der Waals surface area contributed by atoms with Crippen LogP contribution in [0.2, 0.25) is 0 Å². The van der Waals surface area contributed by atoms with Crippen LogP contribution < -0.4 is 10.1 Å². The van der Waals surface area contributed by atoms with Gasteiger partial charge in [0.25, 0.3) is 17.6 Å². The molecular formula is C21H15N3O3. The smallest absolute Gasteiger partial charge is 0.297 e. The maximum Gasteiger partial charge on any atom is 0.297 e. The predicted molar refractivity (Wildman–Crippen MR) is 101 cm³/mol. The lowest BCUT2D eigenvalue weighted by Gasteiger charge is -2.07. The minimum atomic E-state index is -0.447. The molecule has 0 spiro atoms. The lowest BCUT2D eigenvalue weighted by Crippen LogP contribution is -2.13. The second-order valence-electron chi connectivity index (χ2n) is 5.68. The molecule has 0 bridgehead atoms. The second kappa shape index (κ2) is 7.53. The molecule has 0 fully saturated rings. The maximum atomic E-state index is 12.3. The first-order valence-corrected chi connectivity index (χ1v) is 8.31. The first-order chi connectivity index (χ1) is 13.3. The molecule has 0 unspecified atom stereocenters. The highest BCUT2D eigenvalue weighted by atomic mass is 16.5. The first-order valence-electron chi connectivity index (χ1n) is 8.31. The van der Waals surface area contributed by atoms with E-state index in [2.05, 4.69) is 15.5 Å². The first kappa shape index (κ1) is 16.5. The van der Waals surface area contributed by atoms with Crippen molar-refractivity contribution < 1.29 is 14.1 Å². The third-order valence-corrected chi connectivity index (χ3v) is 3.74. The van der Waals surface area contributed by atoms with Gasteiger partial charge in [0.15, 0.2) is 0 Å². The predicted octanol–water partition coefficient (Wildman–Crippen LogP) is 4.78. The van der Waals surface area contributed by atoms with E-state index in [4.69, 9.17) is 9.26 Å². The Labute approximate surface area is 155 Å². The summed E-state index contributed by atoms with van der Waals surface area (Å²) in [7, 11) is 0. The summed E-state index contributed by atoms with van der Waals surface area (Å²) < 4.78 is 10.9. The number of nitrogens with zero attached hydrogens (tertiary/aromatic N) is 2. The van der Waals surface area contributed by atoms with Crippen molar-refractivity contribution >= 4 is 11.6 Å². The molecule has 3 aromatic carbocycles. The van der Waals surface area contributed by atoms with E-state index in [9.17, 15) is 4.79 Å². The molecule has 0 aliphatic rings. The van der Waals surface area contributed by atoms with Crippen molar-refractivity contribution in [3.63, 3.8) is 0 Å². The number of aromatic nitrogens is 2. The Morgan fingerprint density at radius 2 is 1.44 bits per heavy atom. The molecule has 6 nitrogen and oxygen atoms in total. The largest absolute Gasteiger partial charge is 0.457 e. The van der Waals surface area contributed by atoms with Crippen LogP contribution in [0.5, 0.6) is 11.5 Å². The third kappa shape index (κ3) is 4.01. The summed E-state index contributed by atoms with van der Waals surface area (Å²) in [6.07, 6.45) is 0. The third-order valence-electron chi connectivity index (χ3n) is 3.74. The van der Waals surface area contributed by atoms with Gasteiger partial charge in [-0.25, -0.2) is 0 Å². The number of benzene rings is 3. The second-order valence-corrected chi connectivity index (χ2v) is 5.68. The summed E-state index contributed by atoms with van der Waals surface area (Å²) in [6, 6.07) is 25.8. The SMILES string of the molecule is O=C(Nc1ccc(Oc2ccccc2)cc1)c1noc(-c2ccccc2)n1. The van der Waals surface area contributed by atoms with Gasteiger partial charge in [-0.05, 0) is 48.5 Å². The summed E-state index contributed by atoms with van der Waals surface area (Å²) in [6.45, 7) is 0. The van der Waals surface area contributed by atoms with Crippen molar-refractivity contribution in [2.24, 2.45) is 0 Å². The van der Waals surface area contributed by atoms with Crippen LogP contribution in [0.1, 0.15) is 10.6 Å². The number of ether oxygens (including phenoxy) is 1. The van der Waals surface area contributed by atoms with Crippen LogP contribution in [-0.2, 0) is 0 Å². The van der Waals surface area contributed by atoms with Gasteiger partial charge in [0, 0.05) is 11.3 Å². The Balaban J connectivity index is 1.42. The molecule has 4 aromatic rings. The van der Waals surface area contributed by atoms with Crippen LogP contribution in [0, 0.1) is 0 Å². The average molecular weight is 357 g/mol. The van der Waals surface area contributed by atoms with E-state index in [1.807, 2.05) is 60.7 Å². The fraction of sp³-hybridized carbons (Fsp3) is 0. The fourth-order valence-corrected chi connectivity index (χ4v) is 2.43. The van der Waals surface area contributed by atoms with Crippen LogP contribution in [0.3, 0.4) is 0 Å². The number of hydrogen-bond donors (Lipinski definition) is 1. The number of nitrogens with one attached hydrogen (secondary N) is 1. The quantitative estimate of drug-likeness (QED) is 0.556. The number of rotatable bonds is 5. The summed E-state index contributed by atoms with van der Waals surface area (Å²) in [5.41, 5.74) is 1.36. The summed E-state index contributed by atoms with van der Waals surface area (Å²) in [4.78, 5) is 16.4. The molecule has 1 heterocycles. The van der Waals surface area contributed by atoms with Crippen molar-refractivity contribution in [1.82, 2.24) is 10.1 Å². The van der Waals surface area contributed by atoms with Crippen molar-refractivity contribution in [2.75, 3.05) is 5.32 Å². The normalized spacial score (nSPS) is 10.4. The van der Waals surface area contributed by atoms with Crippen LogP contribution >= 0.6 is 0 Å². The summed E-state index contributed by atoms with van der Waals surface area (Å²) in [5.74, 6) is 1.24. The number of carbonyl (C=O) groups is 1. The molecule has 27 heavy (non-hydrogen) atoms. The van der Waals surface area contributed by atoms with Crippen molar-refractivity contribution in [2.45, 2.75) is 0 Å². The van der Waals surface area contributed by atoms with Gasteiger partial charge in [-0.3, -0.25) is 4.79 Å². The number of hydrogen-bond acceptors (Lipinski definition) is 5. The Hall–Kier alpha value is -3.93. The van der Waals surface area contributed by atoms with Crippen LogP contribution in [-0.4, -0.2) is 16.0 Å². The van der Waals surface area contributed by atoms with E-state index < -0.39 is 5.91 Å². The number of para-hydroxylation sites is 1. The molecule has 0 saturated carbocycles. The zero-order chi connectivity index (χ0) is 18.5. The van der Waals surface area contributed by atoms with Crippen LogP contribution in [0.15, 0.2) is 89.5 Å². The van der Waals surface area contributed by atoms with Gasteiger partial charge in [-0.15, -0.1) is 0 Å². The van der Waals surface area contributed by atoms with E-state index in [1.54, 1.807) is 24.3 Å². The van der Waals surface area contributed by atoms with Crippen molar-refractivity contribution in [3.05, 3.63) is 90.8 Å². The van der Waals surface area contributed by atoms with E-state index in [-0.39, 0.29) is 5.82 Å². The summed E-state index contributed by atoms with van der Waals surface area (Å²) in [5, 5.41) is 6.47. The Bertz CT molecular complexity index is 1030. The molecule has 0 aliphatic carbocycles. The van der Waals surface area contributed by atoms with E-state index >= 15 is 0 Å². The van der Waals surface area contributed by atoms with Gasteiger partial charge in [0.05, 0.1) is 0 Å². The maximum absolute atomic E-state index is 12.3. The minimum absolute atomic E-state index is 0.0292. The lowest BCUT2D eigenvalue weighted by molar-refractivity contribution is 0.101. The van der Waals surface area contributed by atoms with Crippen molar-refractivity contribution in [3.8, 4) is 23.0 Å². The molecule has 1 N–H and O–H groups in total. The van der Waals surface area contributed by atoms with E-state index in [1.165, 1.54) is 0 Å². The Kier molecular flexibility index (Phi) is 4.61. The fourth-order valence-electron chi connectivity index (χ4n) is 2.43. The average Bonchev–Trinajstić information content (AvgIpc) is 3.21. The molecule has 6 heteroatoms. The molecule has 132 valence electrons. The van der Waals surface area contributed by atoms with Gasteiger partial charge in [-0.1, -0.05) is 41.6 Å². The van der Waals surface area contributed by atoms with Gasteiger partial charge in [-0.2, -0.15) is 4.98 Å². The standard InChI is InChI=1S/C21H15N3O3/c25-20(19-23-21(27-24-19)15-7-3-1-4-8-15)22-16-11-13-18(14-12-16)26-17-9-5-2-6-10-17/h1-14H,(H,22,25). The van der Waals surface area contributed by atoms with Crippen molar-refractivity contribution in [1.29, 1.82) is 0 Å². The molecule has 1 amide bonds. The highest BCUT2D eigenvalue weighted by molar-refractivity contribution is 6.01. The van der Waals surface area contributed by atoms with E-state index in [0.717, 1.165) is 11.3 Å².